The van der Waals surface area contributed by atoms with Gasteiger partial charge in [-0.25, -0.2) is 4.39 Å². The predicted octanol–water partition coefficient (Wildman–Crippen LogP) is 3.32. The lowest BCUT2D eigenvalue weighted by Crippen LogP contribution is -2.34. The first-order valence-electron chi connectivity index (χ1n) is 8.23. The monoisotopic (exact) mass is 372 g/mol. The van der Waals surface area contributed by atoms with Crippen LogP contribution in [0.1, 0.15) is 21.4 Å². The quantitative estimate of drug-likeness (QED) is 0.722. The van der Waals surface area contributed by atoms with Crippen molar-refractivity contribution in [3.63, 3.8) is 0 Å². The fraction of sp³-hybridized carbons (Fsp3) is 0.263. The van der Waals surface area contributed by atoms with Gasteiger partial charge in [0, 0.05) is 24.0 Å². The Morgan fingerprint density at radius 2 is 2.04 bits per heavy atom. The minimum atomic E-state index is -0.300. The Morgan fingerprint density at radius 3 is 2.65 bits per heavy atom. The van der Waals surface area contributed by atoms with Crippen LogP contribution in [0.3, 0.4) is 0 Å². The molecule has 1 aromatic carbocycles. The number of aromatic nitrogens is 2. The van der Waals surface area contributed by atoms with E-state index >= 15 is 0 Å². The van der Waals surface area contributed by atoms with Crippen LogP contribution in [0.15, 0.2) is 47.8 Å². The number of carbonyl (C=O) groups excluding carboxylic acids is 1. The number of amides is 1. The fourth-order valence-corrected chi connectivity index (χ4v) is 3.66. The summed E-state index contributed by atoms with van der Waals surface area (Å²) >= 11 is 1.67. The number of likely N-dealkylation sites (N-methyl/N-ethyl adjacent to an activating group) is 1. The molecule has 0 fully saturated rings. The molecule has 0 aliphatic carbocycles. The molecule has 0 radical (unpaired) electrons. The molecule has 3 rings (SSSR count). The summed E-state index contributed by atoms with van der Waals surface area (Å²) in [4.78, 5) is 15.9. The molecule has 0 aliphatic heterocycles. The van der Waals surface area contributed by atoms with Crippen LogP contribution >= 0.6 is 11.3 Å². The van der Waals surface area contributed by atoms with Gasteiger partial charge in [-0.1, -0.05) is 6.07 Å². The molecule has 0 spiro atoms. The number of thiophene rings is 1. The van der Waals surface area contributed by atoms with E-state index in [1.165, 1.54) is 17.0 Å². The molecule has 1 N–H and O–H groups in total. The van der Waals surface area contributed by atoms with Gasteiger partial charge in [0.05, 0.1) is 11.7 Å². The summed E-state index contributed by atoms with van der Waals surface area (Å²) in [5.41, 5.74) is 1.87. The van der Waals surface area contributed by atoms with Crippen LogP contribution in [-0.4, -0.2) is 41.2 Å². The molecule has 1 unspecified atom stereocenters. The van der Waals surface area contributed by atoms with E-state index in [2.05, 4.69) is 21.4 Å². The number of carbonyl (C=O) groups is 1. The molecule has 1 atom stereocenters. The van der Waals surface area contributed by atoms with Crippen molar-refractivity contribution in [3.05, 3.63) is 64.2 Å². The molecular weight excluding hydrogens is 351 g/mol. The summed E-state index contributed by atoms with van der Waals surface area (Å²) in [6.45, 7) is 0.503. The van der Waals surface area contributed by atoms with Crippen molar-refractivity contribution in [2.24, 2.45) is 7.05 Å². The highest BCUT2D eigenvalue weighted by Gasteiger charge is 2.19. The average Bonchev–Trinajstić information content (AvgIpc) is 3.25. The largest absolute Gasteiger partial charge is 0.349 e. The molecule has 136 valence electrons. The topological polar surface area (TPSA) is 50.2 Å². The summed E-state index contributed by atoms with van der Waals surface area (Å²) in [7, 11) is 5.71. The number of aryl methyl sites for hydroxylation is 1. The lowest BCUT2D eigenvalue weighted by atomic mass is 10.1. The van der Waals surface area contributed by atoms with Crippen LogP contribution in [0.2, 0.25) is 0 Å². The highest BCUT2D eigenvalue weighted by molar-refractivity contribution is 7.10. The van der Waals surface area contributed by atoms with Crippen molar-refractivity contribution in [1.82, 2.24) is 20.0 Å². The van der Waals surface area contributed by atoms with Crippen molar-refractivity contribution >= 4 is 17.2 Å². The van der Waals surface area contributed by atoms with Gasteiger partial charge in [-0.05, 0) is 55.9 Å². The maximum absolute atomic E-state index is 13.1. The van der Waals surface area contributed by atoms with E-state index in [9.17, 15) is 9.18 Å². The smallest absolute Gasteiger partial charge is 0.269 e. The molecule has 2 heterocycles. The summed E-state index contributed by atoms with van der Waals surface area (Å²) < 4.78 is 14.6. The number of nitrogens with one attached hydrogen (secondary N) is 1. The number of rotatable bonds is 6. The highest BCUT2D eigenvalue weighted by atomic mass is 32.1. The standard InChI is InChI=1S/C19H21FN4OS/c1-23(2)17(18-5-4-10-26-18)12-21-19(25)16-11-15(22-24(16)3)13-6-8-14(20)9-7-13/h4-11,17H,12H2,1-3H3,(H,21,25). The number of hydrogen-bond acceptors (Lipinski definition) is 4. The van der Waals surface area contributed by atoms with Gasteiger partial charge in [-0.2, -0.15) is 5.10 Å². The molecule has 0 bridgehead atoms. The predicted molar refractivity (Wildman–Crippen MR) is 102 cm³/mol. The van der Waals surface area contributed by atoms with Crippen LogP contribution < -0.4 is 5.32 Å². The third kappa shape index (κ3) is 4.00. The second-order valence-corrected chi connectivity index (χ2v) is 7.23. The van der Waals surface area contributed by atoms with E-state index in [1.54, 1.807) is 41.3 Å². The maximum Gasteiger partial charge on any atom is 0.269 e. The third-order valence-corrected chi connectivity index (χ3v) is 5.18. The molecule has 2 aromatic heterocycles. The average molecular weight is 372 g/mol. The Bertz CT molecular complexity index is 872. The highest BCUT2D eigenvalue weighted by Crippen LogP contribution is 2.23. The molecule has 0 saturated heterocycles. The number of halogens is 1. The van der Waals surface area contributed by atoms with Gasteiger partial charge in [-0.3, -0.25) is 9.48 Å². The van der Waals surface area contributed by atoms with Gasteiger partial charge in [0.15, 0.2) is 0 Å². The van der Waals surface area contributed by atoms with E-state index < -0.39 is 0 Å². The summed E-state index contributed by atoms with van der Waals surface area (Å²) in [6.07, 6.45) is 0. The Balaban J connectivity index is 1.73. The van der Waals surface area contributed by atoms with E-state index in [0.717, 1.165) is 5.56 Å². The van der Waals surface area contributed by atoms with Crippen LogP contribution in [0.25, 0.3) is 11.3 Å². The number of hydrogen-bond donors (Lipinski definition) is 1. The molecule has 26 heavy (non-hydrogen) atoms. The third-order valence-electron chi connectivity index (χ3n) is 4.20. The van der Waals surface area contributed by atoms with Gasteiger partial charge in [0.1, 0.15) is 11.5 Å². The fourth-order valence-electron chi connectivity index (χ4n) is 2.74. The summed E-state index contributed by atoms with van der Waals surface area (Å²) in [5.74, 6) is -0.484. The van der Waals surface area contributed by atoms with Crippen LogP contribution in [0, 0.1) is 5.82 Å². The second kappa shape index (κ2) is 7.80. The van der Waals surface area contributed by atoms with E-state index in [0.29, 0.717) is 17.9 Å². The zero-order chi connectivity index (χ0) is 18.7. The van der Waals surface area contributed by atoms with Crippen molar-refractivity contribution in [2.75, 3.05) is 20.6 Å². The van der Waals surface area contributed by atoms with Gasteiger partial charge in [0.25, 0.3) is 5.91 Å². The van der Waals surface area contributed by atoms with Gasteiger partial charge in [0.2, 0.25) is 0 Å². The molecule has 7 heteroatoms. The molecule has 5 nitrogen and oxygen atoms in total. The first-order chi connectivity index (χ1) is 12.5. The van der Waals surface area contributed by atoms with Crippen LogP contribution in [0.4, 0.5) is 4.39 Å². The number of nitrogens with zero attached hydrogens (tertiary/aromatic N) is 3. The first-order valence-corrected chi connectivity index (χ1v) is 9.11. The van der Waals surface area contributed by atoms with E-state index in [4.69, 9.17) is 0 Å². The maximum atomic E-state index is 13.1. The summed E-state index contributed by atoms with van der Waals surface area (Å²) in [6, 6.07) is 12.0. The Morgan fingerprint density at radius 1 is 1.31 bits per heavy atom. The second-order valence-electron chi connectivity index (χ2n) is 6.25. The molecule has 0 saturated carbocycles. The molecule has 3 aromatic rings. The Kier molecular flexibility index (Phi) is 5.49. The van der Waals surface area contributed by atoms with Crippen molar-refractivity contribution in [2.45, 2.75) is 6.04 Å². The van der Waals surface area contributed by atoms with Gasteiger partial charge < -0.3 is 10.2 Å². The lowest BCUT2D eigenvalue weighted by molar-refractivity contribution is 0.0933. The Hall–Kier alpha value is -2.51. The zero-order valence-corrected chi connectivity index (χ0v) is 15.8. The molecule has 1 amide bonds. The van der Waals surface area contributed by atoms with Crippen molar-refractivity contribution in [1.29, 1.82) is 0 Å². The normalized spacial score (nSPS) is 12.3. The van der Waals surface area contributed by atoms with Crippen LogP contribution in [-0.2, 0) is 7.05 Å². The zero-order valence-electron chi connectivity index (χ0n) is 14.9. The van der Waals surface area contributed by atoms with Gasteiger partial charge in [-0.15, -0.1) is 11.3 Å². The van der Waals surface area contributed by atoms with E-state index in [1.807, 2.05) is 25.5 Å². The first kappa shape index (κ1) is 18.3. The molecule has 0 aliphatic rings. The molecular formula is C19H21FN4OS. The van der Waals surface area contributed by atoms with Crippen LogP contribution in [0.5, 0.6) is 0 Å². The van der Waals surface area contributed by atoms with Crippen molar-refractivity contribution in [3.8, 4) is 11.3 Å². The SMILES string of the molecule is CN(C)C(CNC(=O)c1cc(-c2ccc(F)cc2)nn1C)c1cccs1. The number of benzene rings is 1. The van der Waals surface area contributed by atoms with Crippen molar-refractivity contribution < 1.29 is 9.18 Å². The minimum absolute atomic E-state index is 0.115. The lowest BCUT2D eigenvalue weighted by Gasteiger charge is -2.23. The minimum Gasteiger partial charge on any atom is -0.349 e. The van der Waals surface area contributed by atoms with E-state index in [-0.39, 0.29) is 17.8 Å². The van der Waals surface area contributed by atoms with Gasteiger partial charge >= 0.3 is 0 Å². The summed E-state index contributed by atoms with van der Waals surface area (Å²) in [5, 5.41) is 9.39. The Labute approximate surface area is 156 Å².